The van der Waals surface area contributed by atoms with E-state index in [9.17, 15) is 13.2 Å². The fraction of sp³-hybridized carbons (Fsp3) is 0.0500. The molecule has 0 saturated carbocycles. The molecule has 0 fully saturated rings. The van der Waals surface area contributed by atoms with Gasteiger partial charge in [0.1, 0.15) is 0 Å². The number of para-hydroxylation sites is 1. The van der Waals surface area contributed by atoms with Crippen LogP contribution in [0, 0.1) is 10.5 Å². The van der Waals surface area contributed by atoms with Crippen LogP contribution in [0.15, 0.2) is 83.8 Å². The maximum atomic E-state index is 13.2. The normalized spacial score (nSPS) is 11.2. The third-order valence-electron chi connectivity index (χ3n) is 3.83. The predicted octanol–water partition coefficient (Wildman–Crippen LogP) is 4.64. The van der Waals surface area contributed by atoms with Gasteiger partial charge in [-0.05, 0) is 78.0 Å². The molecule has 1 amide bonds. The van der Waals surface area contributed by atoms with E-state index >= 15 is 0 Å². The molecule has 0 aromatic heterocycles. The van der Waals surface area contributed by atoms with Gasteiger partial charge < -0.3 is 0 Å². The summed E-state index contributed by atoms with van der Waals surface area (Å²) in [5, 5.41) is 0. The highest BCUT2D eigenvalue weighted by Crippen LogP contribution is 2.26. The smallest absolute Gasteiger partial charge is 0.268 e. The Morgan fingerprint density at radius 2 is 1.42 bits per heavy atom. The zero-order valence-electron chi connectivity index (χ0n) is 14.0. The lowest BCUT2D eigenvalue weighted by Gasteiger charge is -2.23. The zero-order valence-corrected chi connectivity index (χ0v) is 16.9. The summed E-state index contributed by atoms with van der Waals surface area (Å²) in [5.74, 6) is -0.590. The highest BCUT2D eigenvalue weighted by Gasteiger charge is 2.31. The second-order valence-corrected chi connectivity index (χ2v) is 8.76. The van der Waals surface area contributed by atoms with Crippen molar-refractivity contribution in [1.82, 2.24) is 0 Å². The monoisotopic (exact) mass is 477 g/mol. The molecule has 132 valence electrons. The molecule has 0 bridgehead atoms. The van der Waals surface area contributed by atoms with Gasteiger partial charge in [-0.3, -0.25) is 4.79 Å². The average Bonchev–Trinajstić information content (AvgIpc) is 2.63. The van der Waals surface area contributed by atoms with Crippen LogP contribution in [0.4, 0.5) is 5.69 Å². The van der Waals surface area contributed by atoms with Gasteiger partial charge >= 0.3 is 0 Å². The van der Waals surface area contributed by atoms with Crippen molar-refractivity contribution in [2.45, 2.75) is 11.8 Å². The van der Waals surface area contributed by atoms with E-state index in [1.165, 1.54) is 12.1 Å². The highest BCUT2D eigenvalue weighted by atomic mass is 127. The van der Waals surface area contributed by atoms with Gasteiger partial charge in [0.2, 0.25) is 0 Å². The average molecular weight is 477 g/mol. The van der Waals surface area contributed by atoms with Crippen molar-refractivity contribution < 1.29 is 13.2 Å². The fourth-order valence-corrected chi connectivity index (χ4v) is 4.23. The molecule has 3 rings (SSSR count). The maximum Gasteiger partial charge on any atom is 0.272 e. The number of halogens is 1. The molecule has 0 atom stereocenters. The number of hydrogen-bond donors (Lipinski definition) is 0. The van der Waals surface area contributed by atoms with Crippen LogP contribution >= 0.6 is 22.6 Å². The summed E-state index contributed by atoms with van der Waals surface area (Å²) in [7, 11) is -4.05. The number of nitrogens with zero attached hydrogens (tertiary/aromatic N) is 1. The van der Waals surface area contributed by atoms with Crippen LogP contribution in [0.3, 0.4) is 0 Å². The third kappa shape index (κ3) is 3.81. The summed E-state index contributed by atoms with van der Waals surface area (Å²) in [6.07, 6.45) is 0. The highest BCUT2D eigenvalue weighted by molar-refractivity contribution is 14.1. The second kappa shape index (κ2) is 7.59. The van der Waals surface area contributed by atoms with E-state index in [0.717, 1.165) is 13.4 Å². The largest absolute Gasteiger partial charge is 0.272 e. The lowest BCUT2D eigenvalue weighted by Crippen LogP contribution is -2.37. The SMILES string of the molecule is Cc1ccc(S(=O)(=O)N(C(=O)c2ccc(I)cc2)c2ccccc2)cc1. The zero-order chi connectivity index (χ0) is 18.7. The van der Waals surface area contributed by atoms with Crippen LogP contribution in [-0.2, 0) is 10.0 Å². The number of aryl methyl sites for hydroxylation is 1. The molecule has 6 heteroatoms. The second-order valence-electron chi connectivity index (χ2n) is 5.73. The first kappa shape index (κ1) is 18.6. The van der Waals surface area contributed by atoms with Gasteiger partial charge in [-0.15, -0.1) is 0 Å². The molecule has 26 heavy (non-hydrogen) atoms. The molecule has 0 N–H and O–H groups in total. The van der Waals surface area contributed by atoms with Crippen molar-refractivity contribution in [1.29, 1.82) is 0 Å². The molecule has 0 aliphatic rings. The summed E-state index contributed by atoms with van der Waals surface area (Å²) in [6, 6.07) is 21.7. The minimum Gasteiger partial charge on any atom is -0.268 e. The summed E-state index contributed by atoms with van der Waals surface area (Å²) < 4.78 is 28.3. The first-order valence-electron chi connectivity index (χ1n) is 7.86. The Bertz CT molecular complexity index is 1010. The van der Waals surface area contributed by atoms with E-state index in [0.29, 0.717) is 11.3 Å². The first-order chi connectivity index (χ1) is 12.4. The number of carbonyl (C=O) groups is 1. The van der Waals surface area contributed by atoms with Crippen LogP contribution in [0.25, 0.3) is 0 Å². The van der Waals surface area contributed by atoms with Crippen LogP contribution in [-0.4, -0.2) is 14.3 Å². The van der Waals surface area contributed by atoms with Crippen LogP contribution < -0.4 is 4.31 Å². The van der Waals surface area contributed by atoms with E-state index in [-0.39, 0.29) is 4.90 Å². The Balaban J connectivity index is 2.14. The topological polar surface area (TPSA) is 54.5 Å². The number of rotatable bonds is 4. The molecular formula is C20H16INO3S. The Morgan fingerprint density at radius 1 is 0.846 bits per heavy atom. The molecule has 4 nitrogen and oxygen atoms in total. The van der Waals surface area contributed by atoms with E-state index in [1.54, 1.807) is 66.7 Å². The predicted molar refractivity (Wildman–Crippen MR) is 111 cm³/mol. The van der Waals surface area contributed by atoms with Crippen molar-refractivity contribution in [2.75, 3.05) is 4.31 Å². The molecule has 0 unspecified atom stereocenters. The molecule has 3 aromatic carbocycles. The molecule has 0 aliphatic heterocycles. The summed E-state index contributed by atoms with van der Waals surface area (Å²) in [5.41, 5.74) is 1.56. The Hall–Kier alpha value is -2.19. The van der Waals surface area contributed by atoms with Crippen LogP contribution in [0.1, 0.15) is 15.9 Å². The molecule has 3 aromatic rings. The van der Waals surface area contributed by atoms with E-state index in [1.807, 2.05) is 6.92 Å². The Morgan fingerprint density at radius 3 is 2.00 bits per heavy atom. The van der Waals surface area contributed by atoms with Gasteiger partial charge in [0, 0.05) is 9.13 Å². The minimum atomic E-state index is -4.05. The molecule has 0 spiro atoms. The number of anilines is 1. The quantitative estimate of drug-likeness (QED) is 0.515. The fourth-order valence-electron chi connectivity index (χ4n) is 2.45. The third-order valence-corrected chi connectivity index (χ3v) is 6.27. The standard InChI is InChI=1S/C20H16INO3S/c1-15-7-13-19(14-8-15)26(24,25)22(18-5-3-2-4-6-18)20(23)16-9-11-17(21)12-10-16/h2-14H,1H3. The lowest BCUT2D eigenvalue weighted by atomic mass is 10.2. The number of sulfonamides is 1. The number of carbonyl (C=O) groups excluding carboxylic acids is 1. The van der Waals surface area contributed by atoms with Gasteiger partial charge in [-0.1, -0.05) is 35.9 Å². The van der Waals surface area contributed by atoms with E-state index < -0.39 is 15.9 Å². The molecule has 0 heterocycles. The van der Waals surface area contributed by atoms with Crippen molar-refractivity contribution in [3.8, 4) is 0 Å². The molecule has 0 radical (unpaired) electrons. The van der Waals surface area contributed by atoms with Gasteiger partial charge in [-0.25, -0.2) is 8.42 Å². The van der Waals surface area contributed by atoms with Crippen molar-refractivity contribution in [2.24, 2.45) is 0 Å². The van der Waals surface area contributed by atoms with E-state index in [2.05, 4.69) is 22.6 Å². The van der Waals surface area contributed by atoms with Crippen molar-refractivity contribution in [3.05, 3.63) is 93.6 Å². The summed E-state index contributed by atoms with van der Waals surface area (Å²) in [6.45, 7) is 1.88. The number of amides is 1. The minimum absolute atomic E-state index is 0.0748. The molecular weight excluding hydrogens is 461 g/mol. The lowest BCUT2D eigenvalue weighted by molar-refractivity contribution is 0.101. The van der Waals surface area contributed by atoms with Gasteiger partial charge in [-0.2, -0.15) is 4.31 Å². The Labute approximate surface area is 166 Å². The van der Waals surface area contributed by atoms with Crippen molar-refractivity contribution in [3.63, 3.8) is 0 Å². The summed E-state index contributed by atoms with van der Waals surface area (Å²) >= 11 is 2.13. The van der Waals surface area contributed by atoms with Crippen LogP contribution in [0.5, 0.6) is 0 Å². The maximum absolute atomic E-state index is 13.2. The van der Waals surface area contributed by atoms with Crippen LogP contribution in [0.2, 0.25) is 0 Å². The number of benzene rings is 3. The molecule has 0 saturated heterocycles. The summed E-state index contributed by atoms with van der Waals surface area (Å²) in [4.78, 5) is 13.2. The molecule has 0 aliphatic carbocycles. The van der Waals surface area contributed by atoms with Crippen molar-refractivity contribution >= 4 is 44.2 Å². The number of hydrogen-bond acceptors (Lipinski definition) is 3. The van der Waals surface area contributed by atoms with E-state index in [4.69, 9.17) is 0 Å². The Kier molecular flexibility index (Phi) is 5.43. The first-order valence-corrected chi connectivity index (χ1v) is 10.4. The van der Waals surface area contributed by atoms with Gasteiger partial charge in [0.15, 0.2) is 0 Å². The van der Waals surface area contributed by atoms with Gasteiger partial charge in [0.25, 0.3) is 15.9 Å². The van der Waals surface area contributed by atoms with Gasteiger partial charge in [0.05, 0.1) is 10.6 Å².